The lowest BCUT2D eigenvalue weighted by molar-refractivity contribution is -0.145. The Bertz CT molecular complexity index is 357. The summed E-state index contributed by atoms with van der Waals surface area (Å²) >= 11 is 0. The van der Waals surface area contributed by atoms with E-state index < -0.39 is 11.9 Å². The normalized spacial score (nSPS) is 11.9. The van der Waals surface area contributed by atoms with Gasteiger partial charge in [0.1, 0.15) is 0 Å². The Kier molecular flexibility index (Phi) is 7.64. The number of aliphatic carboxylic acids is 1. The molecule has 116 valence electrons. The maximum absolute atomic E-state index is 12.3. The monoisotopic (exact) mass is 288 g/mol. The summed E-state index contributed by atoms with van der Waals surface area (Å²) in [5, 5.41) is 8.70. The summed E-state index contributed by atoms with van der Waals surface area (Å²) in [5.74, 6) is -1.76. The number of esters is 1. The summed E-state index contributed by atoms with van der Waals surface area (Å²) in [5.41, 5.74) is 0. The van der Waals surface area contributed by atoms with E-state index in [9.17, 15) is 14.4 Å². The van der Waals surface area contributed by atoms with E-state index in [0.717, 1.165) is 0 Å². The topological polar surface area (TPSA) is 87.2 Å². The van der Waals surface area contributed by atoms with Gasteiger partial charge in [-0.15, -0.1) is 0 Å². The second-order valence-electron chi connectivity index (χ2n) is 5.02. The van der Waals surface area contributed by atoms with Gasteiger partial charge in [-0.05, 0) is 13.8 Å². The van der Waals surface area contributed by atoms with Crippen molar-refractivity contribution < 1.29 is 24.2 Å². The van der Waals surface area contributed by atoms with E-state index in [0.29, 0.717) is 0 Å². The Morgan fingerprint density at radius 1 is 1.20 bits per heavy atom. The van der Waals surface area contributed by atoms with Crippen molar-refractivity contribution in [1.82, 2.24) is 9.80 Å². The third kappa shape index (κ3) is 5.90. The first-order chi connectivity index (χ1) is 9.20. The number of carbonyl (C=O) groups excluding carboxylic acids is 2. The number of carboxylic acid groups (broad SMARTS) is 1. The molecule has 0 rings (SSSR count). The number of rotatable bonds is 7. The minimum absolute atomic E-state index is 0.107. The molecule has 1 N–H and O–H groups in total. The molecule has 7 nitrogen and oxygen atoms in total. The smallest absolute Gasteiger partial charge is 0.320 e. The van der Waals surface area contributed by atoms with Crippen molar-refractivity contribution >= 4 is 18.0 Å². The van der Waals surface area contributed by atoms with Crippen molar-refractivity contribution in [2.24, 2.45) is 5.92 Å². The van der Waals surface area contributed by atoms with Gasteiger partial charge in [-0.2, -0.15) is 0 Å². The molecule has 1 atom stereocenters. The van der Waals surface area contributed by atoms with Crippen molar-refractivity contribution in [2.75, 3.05) is 27.2 Å². The first-order valence-electron chi connectivity index (χ1n) is 6.52. The lowest BCUT2D eigenvalue weighted by atomic mass is 10.2. The molecule has 2 amide bonds. The maximum Gasteiger partial charge on any atom is 0.320 e. The summed E-state index contributed by atoms with van der Waals surface area (Å²) in [6, 6.07) is -0.408. The van der Waals surface area contributed by atoms with E-state index in [2.05, 4.69) is 4.74 Å². The van der Waals surface area contributed by atoms with Gasteiger partial charge >= 0.3 is 18.0 Å². The van der Waals surface area contributed by atoms with Gasteiger partial charge in [0.15, 0.2) is 0 Å². The molecule has 0 aromatic heterocycles. The molecule has 0 saturated carbocycles. The fourth-order valence-corrected chi connectivity index (χ4v) is 1.77. The summed E-state index contributed by atoms with van der Waals surface area (Å²) in [6.07, 6.45) is -0.107. The molecule has 0 fully saturated rings. The predicted molar refractivity (Wildman–Crippen MR) is 73.3 cm³/mol. The number of amides is 2. The van der Waals surface area contributed by atoms with E-state index in [-0.39, 0.29) is 37.6 Å². The van der Waals surface area contributed by atoms with Crippen LogP contribution < -0.4 is 0 Å². The van der Waals surface area contributed by atoms with Crippen molar-refractivity contribution in [3.63, 3.8) is 0 Å². The second-order valence-corrected chi connectivity index (χ2v) is 5.02. The molecule has 0 heterocycles. The number of hydrogen-bond donors (Lipinski definition) is 1. The largest absolute Gasteiger partial charge is 0.481 e. The summed E-state index contributed by atoms with van der Waals surface area (Å²) in [7, 11) is 2.88. The number of methoxy groups -OCH3 is 1. The Hall–Kier alpha value is -1.79. The molecule has 0 aliphatic heterocycles. The third-order valence-electron chi connectivity index (χ3n) is 2.91. The van der Waals surface area contributed by atoms with Crippen LogP contribution >= 0.6 is 0 Å². The summed E-state index contributed by atoms with van der Waals surface area (Å²) in [6.45, 7) is 5.67. The van der Waals surface area contributed by atoms with Crippen LogP contribution in [0, 0.1) is 5.92 Å². The van der Waals surface area contributed by atoms with Crippen molar-refractivity contribution in [3.8, 4) is 0 Å². The van der Waals surface area contributed by atoms with E-state index in [4.69, 9.17) is 5.11 Å². The van der Waals surface area contributed by atoms with Crippen LogP contribution in [0.15, 0.2) is 0 Å². The predicted octanol–water partition coefficient (Wildman–Crippen LogP) is 1.03. The van der Waals surface area contributed by atoms with Crippen molar-refractivity contribution in [3.05, 3.63) is 0 Å². The molecule has 1 unspecified atom stereocenters. The SMILES string of the molecule is COC(=O)C(C)CN(C)C(=O)N(CCC(=O)O)C(C)C. The maximum atomic E-state index is 12.3. The molecule has 7 heteroatoms. The Balaban J connectivity index is 4.63. The molecule has 0 saturated heterocycles. The minimum Gasteiger partial charge on any atom is -0.481 e. The highest BCUT2D eigenvalue weighted by atomic mass is 16.5. The van der Waals surface area contributed by atoms with Crippen LogP contribution in [0.5, 0.6) is 0 Å². The van der Waals surface area contributed by atoms with Gasteiger partial charge in [-0.25, -0.2) is 4.79 Å². The van der Waals surface area contributed by atoms with Crippen LogP contribution in [-0.4, -0.2) is 66.2 Å². The van der Waals surface area contributed by atoms with Crippen LogP contribution in [0.1, 0.15) is 27.2 Å². The zero-order valence-electron chi connectivity index (χ0n) is 12.8. The molecular formula is C13H24N2O5. The van der Waals surface area contributed by atoms with E-state index in [1.165, 1.54) is 16.9 Å². The fraction of sp³-hybridized carbons (Fsp3) is 0.769. The van der Waals surface area contributed by atoms with E-state index in [1.807, 2.05) is 13.8 Å². The number of carboxylic acids is 1. The Morgan fingerprint density at radius 3 is 2.15 bits per heavy atom. The molecule has 0 aromatic rings. The zero-order chi connectivity index (χ0) is 15.9. The quantitative estimate of drug-likeness (QED) is 0.707. The highest BCUT2D eigenvalue weighted by molar-refractivity contribution is 5.77. The average Bonchev–Trinajstić information content (AvgIpc) is 2.36. The van der Waals surface area contributed by atoms with Crippen LogP contribution in [0.4, 0.5) is 4.79 Å². The number of nitrogens with zero attached hydrogens (tertiary/aromatic N) is 2. The van der Waals surface area contributed by atoms with Gasteiger partial charge in [0.25, 0.3) is 0 Å². The van der Waals surface area contributed by atoms with Crippen LogP contribution in [0.3, 0.4) is 0 Å². The highest BCUT2D eigenvalue weighted by Crippen LogP contribution is 2.08. The fourth-order valence-electron chi connectivity index (χ4n) is 1.77. The number of ether oxygens (including phenoxy) is 1. The Morgan fingerprint density at radius 2 is 1.75 bits per heavy atom. The van der Waals surface area contributed by atoms with Gasteiger partial charge < -0.3 is 19.6 Å². The van der Waals surface area contributed by atoms with Crippen LogP contribution in [0.2, 0.25) is 0 Å². The molecule has 0 aliphatic rings. The first kappa shape index (κ1) is 18.2. The lowest BCUT2D eigenvalue weighted by Gasteiger charge is -2.31. The molecule has 20 heavy (non-hydrogen) atoms. The van der Waals surface area contributed by atoms with Gasteiger partial charge in [0.2, 0.25) is 0 Å². The number of urea groups is 1. The number of hydrogen-bond acceptors (Lipinski definition) is 4. The van der Waals surface area contributed by atoms with Crippen molar-refractivity contribution in [1.29, 1.82) is 0 Å². The average molecular weight is 288 g/mol. The molecule has 0 aliphatic carbocycles. The summed E-state index contributed by atoms with van der Waals surface area (Å²) in [4.78, 5) is 37.1. The molecule has 0 spiro atoms. The van der Waals surface area contributed by atoms with Crippen LogP contribution in [-0.2, 0) is 14.3 Å². The summed E-state index contributed by atoms with van der Waals surface area (Å²) < 4.78 is 4.61. The zero-order valence-corrected chi connectivity index (χ0v) is 12.8. The van der Waals surface area contributed by atoms with Crippen LogP contribution in [0.25, 0.3) is 0 Å². The van der Waals surface area contributed by atoms with E-state index >= 15 is 0 Å². The van der Waals surface area contributed by atoms with Gasteiger partial charge in [0, 0.05) is 26.2 Å². The third-order valence-corrected chi connectivity index (χ3v) is 2.91. The van der Waals surface area contributed by atoms with E-state index in [1.54, 1.807) is 14.0 Å². The van der Waals surface area contributed by atoms with Gasteiger partial charge in [0.05, 0.1) is 19.4 Å². The minimum atomic E-state index is -0.950. The molecular weight excluding hydrogens is 264 g/mol. The van der Waals surface area contributed by atoms with Gasteiger partial charge in [-0.3, -0.25) is 9.59 Å². The highest BCUT2D eigenvalue weighted by Gasteiger charge is 2.24. The van der Waals surface area contributed by atoms with Gasteiger partial charge in [-0.1, -0.05) is 6.92 Å². The lowest BCUT2D eigenvalue weighted by Crippen LogP contribution is -2.47. The second kappa shape index (κ2) is 8.39. The van der Waals surface area contributed by atoms with Crippen molar-refractivity contribution in [2.45, 2.75) is 33.2 Å². The first-order valence-corrected chi connectivity index (χ1v) is 6.52. The molecule has 0 aromatic carbocycles. The number of carbonyl (C=O) groups is 3. The standard InChI is InChI=1S/C13H24N2O5/c1-9(2)15(7-6-11(16)17)13(19)14(4)8-10(3)12(18)20-5/h9-10H,6-8H2,1-5H3,(H,16,17). The molecule has 0 radical (unpaired) electrons. The Labute approximate surface area is 119 Å². The molecule has 0 bridgehead atoms.